The molecule has 70 valence electrons. The predicted octanol–water partition coefficient (Wildman–Crippen LogP) is -2.09. The van der Waals surface area contributed by atoms with E-state index in [1.54, 1.807) is 0 Å². The Morgan fingerprint density at radius 2 is 2.25 bits per heavy atom. The van der Waals surface area contributed by atoms with Crippen LogP contribution < -0.4 is 16.8 Å². The summed E-state index contributed by atoms with van der Waals surface area (Å²) in [5.41, 5.74) is 10.2. The summed E-state index contributed by atoms with van der Waals surface area (Å²) in [6, 6.07) is -0.658. The number of amides is 1. The maximum Gasteiger partial charge on any atom is 0.235 e. The largest absolute Gasteiger partial charge is 0.394 e. The zero-order chi connectivity index (χ0) is 9.19. The summed E-state index contributed by atoms with van der Waals surface area (Å²) in [5.74, 6) is -0.517. The average Bonchev–Trinajstić information content (AvgIpc) is 2.81. The van der Waals surface area contributed by atoms with Crippen LogP contribution in [0, 0.1) is 0 Å². The second-order valence-electron chi connectivity index (χ2n) is 3.33. The second-order valence-corrected chi connectivity index (χ2v) is 3.33. The molecule has 0 radical (unpaired) electrons. The van der Waals surface area contributed by atoms with Gasteiger partial charge in [0.1, 0.15) is 0 Å². The highest BCUT2D eigenvalue weighted by atomic mass is 16.3. The first-order valence-electron chi connectivity index (χ1n) is 4.00. The number of aliphatic hydroxyl groups excluding tert-OH is 1. The van der Waals surface area contributed by atoms with Gasteiger partial charge in [-0.15, -0.1) is 0 Å². The van der Waals surface area contributed by atoms with Crippen molar-refractivity contribution < 1.29 is 9.90 Å². The average molecular weight is 173 g/mol. The van der Waals surface area contributed by atoms with E-state index in [2.05, 4.69) is 5.32 Å². The molecule has 0 bridgehead atoms. The van der Waals surface area contributed by atoms with Gasteiger partial charge in [-0.1, -0.05) is 0 Å². The van der Waals surface area contributed by atoms with Gasteiger partial charge in [0.05, 0.1) is 12.6 Å². The van der Waals surface area contributed by atoms with E-state index in [1.807, 2.05) is 0 Å². The molecule has 0 aliphatic heterocycles. The molecule has 6 N–H and O–H groups in total. The van der Waals surface area contributed by atoms with Gasteiger partial charge in [-0.2, -0.15) is 0 Å². The van der Waals surface area contributed by atoms with Crippen LogP contribution in [-0.4, -0.2) is 35.7 Å². The molecule has 1 aliphatic carbocycles. The minimum Gasteiger partial charge on any atom is -0.394 e. The monoisotopic (exact) mass is 173 g/mol. The molecule has 1 amide bonds. The fraction of sp³-hybridized carbons (Fsp3) is 0.857. The summed E-state index contributed by atoms with van der Waals surface area (Å²) in [5, 5.41) is 11.9. The van der Waals surface area contributed by atoms with Gasteiger partial charge in [-0.05, 0) is 12.8 Å². The molecule has 0 aromatic rings. The number of nitrogens with one attached hydrogen (secondary N) is 1. The van der Waals surface area contributed by atoms with Crippen molar-refractivity contribution in [3.63, 3.8) is 0 Å². The van der Waals surface area contributed by atoms with Crippen molar-refractivity contribution in [2.75, 3.05) is 13.2 Å². The van der Waals surface area contributed by atoms with Crippen molar-refractivity contribution in [3.8, 4) is 0 Å². The lowest BCUT2D eigenvalue weighted by molar-refractivity contribution is -0.119. The molecular weight excluding hydrogens is 158 g/mol. The zero-order valence-corrected chi connectivity index (χ0v) is 6.92. The van der Waals surface area contributed by atoms with Gasteiger partial charge < -0.3 is 21.9 Å². The Morgan fingerprint density at radius 3 is 2.58 bits per heavy atom. The first-order valence-corrected chi connectivity index (χ1v) is 4.00. The standard InChI is InChI=1S/C7H15N3O2/c8-5(6(9)12)3-10-7(4-11)1-2-7/h5,10-11H,1-4,8H2,(H2,9,12). The molecule has 1 atom stereocenters. The number of hydrogen-bond donors (Lipinski definition) is 4. The molecule has 5 heteroatoms. The van der Waals surface area contributed by atoms with Crippen molar-refractivity contribution in [3.05, 3.63) is 0 Å². The maximum atomic E-state index is 10.5. The summed E-state index contributed by atoms with van der Waals surface area (Å²) >= 11 is 0. The van der Waals surface area contributed by atoms with Gasteiger partial charge in [0, 0.05) is 12.1 Å². The van der Waals surface area contributed by atoms with Crippen LogP contribution in [0.4, 0.5) is 0 Å². The number of primary amides is 1. The van der Waals surface area contributed by atoms with Gasteiger partial charge in [0.25, 0.3) is 0 Å². The van der Waals surface area contributed by atoms with Crippen LogP contribution >= 0.6 is 0 Å². The number of hydrogen-bond acceptors (Lipinski definition) is 4. The second kappa shape index (κ2) is 3.38. The minimum atomic E-state index is -0.658. The molecule has 0 aromatic heterocycles. The van der Waals surface area contributed by atoms with E-state index < -0.39 is 11.9 Å². The van der Waals surface area contributed by atoms with Crippen LogP contribution in [0.3, 0.4) is 0 Å². The van der Waals surface area contributed by atoms with E-state index in [0.717, 1.165) is 12.8 Å². The smallest absolute Gasteiger partial charge is 0.235 e. The molecule has 1 rings (SSSR count). The highest BCUT2D eigenvalue weighted by Crippen LogP contribution is 2.34. The van der Waals surface area contributed by atoms with E-state index in [1.165, 1.54) is 0 Å². The van der Waals surface area contributed by atoms with Crippen molar-refractivity contribution in [1.82, 2.24) is 5.32 Å². The Kier molecular flexibility index (Phi) is 2.66. The Hall–Kier alpha value is -0.650. The number of rotatable bonds is 5. The molecule has 1 unspecified atom stereocenters. The van der Waals surface area contributed by atoms with Gasteiger partial charge in [-0.25, -0.2) is 0 Å². The van der Waals surface area contributed by atoms with Crippen molar-refractivity contribution in [1.29, 1.82) is 0 Å². The third-order valence-corrected chi connectivity index (χ3v) is 2.22. The summed E-state index contributed by atoms with van der Waals surface area (Å²) in [7, 11) is 0. The SMILES string of the molecule is NC(=O)C(N)CNC1(CO)CC1. The molecule has 0 saturated heterocycles. The third-order valence-electron chi connectivity index (χ3n) is 2.22. The lowest BCUT2D eigenvalue weighted by Gasteiger charge is -2.16. The normalized spacial score (nSPS) is 21.8. The van der Waals surface area contributed by atoms with Crippen molar-refractivity contribution in [2.24, 2.45) is 11.5 Å². The quantitative estimate of drug-likeness (QED) is 0.383. The minimum absolute atomic E-state index is 0.0957. The number of carbonyl (C=O) groups is 1. The number of carbonyl (C=O) groups excluding carboxylic acids is 1. The summed E-state index contributed by atoms with van der Waals surface area (Å²) < 4.78 is 0. The van der Waals surface area contributed by atoms with E-state index in [4.69, 9.17) is 16.6 Å². The molecule has 0 spiro atoms. The van der Waals surface area contributed by atoms with Crippen LogP contribution in [0.25, 0.3) is 0 Å². The van der Waals surface area contributed by atoms with Gasteiger partial charge in [-0.3, -0.25) is 4.79 Å². The van der Waals surface area contributed by atoms with Gasteiger partial charge in [0.2, 0.25) is 5.91 Å². The van der Waals surface area contributed by atoms with Crippen LogP contribution in [0.1, 0.15) is 12.8 Å². The molecule has 1 saturated carbocycles. The fourth-order valence-corrected chi connectivity index (χ4v) is 0.969. The molecule has 1 fully saturated rings. The summed E-state index contributed by atoms with van der Waals surface area (Å²) in [6.45, 7) is 0.439. The molecule has 5 nitrogen and oxygen atoms in total. The highest BCUT2D eigenvalue weighted by Gasteiger charge is 2.41. The van der Waals surface area contributed by atoms with Gasteiger partial charge in [0.15, 0.2) is 0 Å². The Bertz CT molecular complexity index is 179. The third kappa shape index (κ3) is 2.17. The Labute approximate surface area is 71.1 Å². The van der Waals surface area contributed by atoms with Crippen LogP contribution in [0.15, 0.2) is 0 Å². The topological polar surface area (TPSA) is 101 Å². The van der Waals surface area contributed by atoms with E-state index in [-0.39, 0.29) is 12.1 Å². The first-order chi connectivity index (χ1) is 5.59. The van der Waals surface area contributed by atoms with E-state index >= 15 is 0 Å². The Balaban J connectivity index is 2.21. The maximum absolute atomic E-state index is 10.5. The van der Waals surface area contributed by atoms with Crippen molar-refractivity contribution in [2.45, 2.75) is 24.4 Å². The molecule has 0 aromatic carbocycles. The summed E-state index contributed by atoms with van der Waals surface area (Å²) in [6.07, 6.45) is 1.88. The van der Waals surface area contributed by atoms with Crippen LogP contribution in [0.5, 0.6) is 0 Å². The summed E-state index contributed by atoms with van der Waals surface area (Å²) in [4.78, 5) is 10.5. The first kappa shape index (κ1) is 9.44. The van der Waals surface area contributed by atoms with Crippen LogP contribution in [0.2, 0.25) is 0 Å². The van der Waals surface area contributed by atoms with Crippen molar-refractivity contribution >= 4 is 5.91 Å². The molecule has 1 aliphatic rings. The lowest BCUT2D eigenvalue weighted by atomic mass is 10.2. The molecule has 12 heavy (non-hydrogen) atoms. The molecule has 0 heterocycles. The van der Waals surface area contributed by atoms with Gasteiger partial charge >= 0.3 is 0 Å². The van der Waals surface area contributed by atoms with E-state index in [0.29, 0.717) is 6.54 Å². The highest BCUT2D eigenvalue weighted by molar-refractivity contribution is 5.79. The predicted molar refractivity (Wildman–Crippen MR) is 44.2 cm³/mol. The molecular formula is C7H15N3O2. The fourth-order valence-electron chi connectivity index (χ4n) is 0.969. The number of aliphatic hydroxyl groups is 1. The van der Waals surface area contributed by atoms with Crippen LogP contribution in [-0.2, 0) is 4.79 Å². The number of nitrogens with two attached hydrogens (primary N) is 2. The Morgan fingerprint density at radius 1 is 1.67 bits per heavy atom. The zero-order valence-electron chi connectivity index (χ0n) is 6.92. The lowest BCUT2D eigenvalue weighted by Crippen LogP contribution is -2.48. The van der Waals surface area contributed by atoms with E-state index in [9.17, 15) is 4.79 Å².